The number of fused-ring (bicyclic) bond motifs is 1. The predicted octanol–water partition coefficient (Wildman–Crippen LogP) is 3.02. The highest BCUT2D eigenvalue weighted by molar-refractivity contribution is 5.92. The van der Waals surface area contributed by atoms with Crippen LogP contribution in [-0.2, 0) is 9.53 Å². The van der Waals surface area contributed by atoms with Gasteiger partial charge in [0.25, 0.3) is 0 Å². The summed E-state index contributed by atoms with van der Waals surface area (Å²) in [4.78, 5) is 11.5. The molecule has 0 fully saturated rings. The minimum absolute atomic E-state index is 0.0930. The average molecular weight is 218 g/mol. The topological polar surface area (TPSA) is 26.3 Å². The van der Waals surface area contributed by atoms with Crippen molar-refractivity contribution in [3.63, 3.8) is 0 Å². The Bertz CT molecular complexity index is 401. The number of esters is 1. The maximum atomic E-state index is 11.5. The standard InChI is InChI=1S/C14H18O2/c1-10-5-4-6-12-9-11(13(15)16-3)7-8-14(10,12)2/h5,7-9,12H,4,6H2,1-3H3/t12-,14-/m0/s1. The van der Waals surface area contributed by atoms with Gasteiger partial charge >= 0.3 is 5.97 Å². The van der Waals surface area contributed by atoms with Crippen molar-refractivity contribution in [3.05, 3.63) is 35.5 Å². The lowest BCUT2D eigenvalue weighted by atomic mass is 9.64. The van der Waals surface area contributed by atoms with Crippen molar-refractivity contribution >= 4 is 5.97 Å². The van der Waals surface area contributed by atoms with E-state index in [1.807, 2.05) is 6.08 Å². The Labute approximate surface area is 96.7 Å². The summed E-state index contributed by atoms with van der Waals surface area (Å²) >= 11 is 0. The minimum Gasteiger partial charge on any atom is -0.465 e. The molecule has 2 heteroatoms. The highest BCUT2D eigenvalue weighted by Gasteiger charge is 2.36. The molecule has 2 aliphatic carbocycles. The number of allylic oxidation sites excluding steroid dienone is 4. The van der Waals surface area contributed by atoms with E-state index in [1.165, 1.54) is 12.7 Å². The van der Waals surface area contributed by atoms with Crippen LogP contribution >= 0.6 is 0 Å². The van der Waals surface area contributed by atoms with Gasteiger partial charge in [-0.15, -0.1) is 0 Å². The van der Waals surface area contributed by atoms with E-state index in [2.05, 4.69) is 32.1 Å². The molecule has 0 N–H and O–H groups in total. The van der Waals surface area contributed by atoms with Crippen LogP contribution in [0.25, 0.3) is 0 Å². The second-order valence-electron chi connectivity index (χ2n) is 4.80. The molecule has 0 unspecified atom stereocenters. The zero-order valence-corrected chi connectivity index (χ0v) is 10.1. The first kappa shape index (κ1) is 11.2. The molecule has 0 bridgehead atoms. The molecule has 0 radical (unpaired) electrons. The summed E-state index contributed by atoms with van der Waals surface area (Å²) in [6.07, 6.45) is 10.6. The van der Waals surface area contributed by atoms with E-state index in [0.717, 1.165) is 12.8 Å². The van der Waals surface area contributed by atoms with Crippen molar-refractivity contribution in [2.24, 2.45) is 11.3 Å². The first-order chi connectivity index (χ1) is 7.58. The molecule has 0 aromatic carbocycles. The van der Waals surface area contributed by atoms with E-state index >= 15 is 0 Å². The van der Waals surface area contributed by atoms with Crippen LogP contribution in [-0.4, -0.2) is 13.1 Å². The molecular formula is C14H18O2. The summed E-state index contributed by atoms with van der Waals surface area (Å²) in [6, 6.07) is 0. The molecule has 2 atom stereocenters. The van der Waals surface area contributed by atoms with Crippen LogP contribution in [0.1, 0.15) is 26.7 Å². The molecule has 16 heavy (non-hydrogen) atoms. The van der Waals surface area contributed by atoms with Crippen LogP contribution in [0.5, 0.6) is 0 Å². The molecule has 0 amide bonds. The van der Waals surface area contributed by atoms with Gasteiger partial charge in [-0.3, -0.25) is 0 Å². The van der Waals surface area contributed by atoms with Gasteiger partial charge in [0.15, 0.2) is 0 Å². The second-order valence-corrected chi connectivity index (χ2v) is 4.80. The Morgan fingerprint density at radius 2 is 2.31 bits per heavy atom. The van der Waals surface area contributed by atoms with Gasteiger partial charge in [-0.05, 0) is 25.7 Å². The van der Waals surface area contributed by atoms with Crippen molar-refractivity contribution in [3.8, 4) is 0 Å². The molecule has 0 saturated heterocycles. The Balaban J connectivity index is 2.32. The molecule has 0 heterocycles. The Morgan fingerprint density at radius 3 is 3.00 bits per heavy atom. The fraction of sp³-hybridized carbons (Fsp3) is 0.500. The Morgan fingerprint density at radius 1 is 1.56 bits per heavy atom. The zero-order chi connectivity index (χ0) is 11.8. The van der Waals surface area contributed by atoms with Crippen LogP contribution in [0.2, 0.25) is 0 Å². The van der Waals surface area contributed by atoms with Crippen molar-refractivity contribution in [1.29, 1.82) is 0 Å². The highest BCUT2D eigenvalue weighted by Crippen LogP contribution is 2.46. The Kier molecular flexibility index (Phi) is 2.75. The van der Waals surface area contributed by atoms with Gasteiger partial charge in [0, 0.05) is 5.41 Å². The fourth-order valence-electron chi connectivity index (χ4n) is 2.59. The SMILES string of the molecule is COC(=O)C1=C[C@@H]2CCC=C(C)[C@]2(C)C=C1. The molecule has 2 aliphatic rings. The van der Waals surface area contributed by atoms with Gasteiger partial charge in [-0.25, -0.2) is 4.79 Å². The second kappa shape index (κ2) is 3.93. The summed E-state index contributed by atoms with van der Waals surface area (Å²) in [6.45, 7) is 4.41. The largest absolute Gasteiger partial charge is 0.465 e. The van der Waals surface area contributed by atoms with Gasteiger partial charge in [0.2, 0.25) is 0 Å². The quantitative estimate of drug-likeness (QED) is 0.499. The van der Waals surface area contributed by atoms with E-state index < -0.39 is 0 Å². The van der Waals surface area contributed by atoms with Gasteiger partial charge in [0.05, 0.1) is 12.7 Å². The molecule has 0 aromatic heterocycles. The molecule has 2 rings (SSSR count). The van der Waals surface area contributed by atoms with E-state index in [9.17, 15) is 4.79 Å². The van der Waals surface area contributed by atoms with Crippen molar-refractivity contribution in [2.45, 2.75) is 26.7 Å². The third kappa shape index (κ3) is 1.62. The summed E-state index contributed by atoms with van der Waals surface area (Å²) in [7, 11) is 1.43. The lowest BCUT2D eigenvalue weighted by molar-refractivity contribution is -0.135. The van der Waals surface area contributed by atoms with Crippen LogP contribution in [0.3, 0.4) is 0 Å². The van der Waals surface area contributed by atoms with Crippen molar-refractivity contribution in [1.82, 2.24) is 0 Å². The van der Waals surface area contributed by atoms with E-state index in [1.54, 1.807) is 0 Å². The van der Waals surface area contributed by atoms with Gasteiger partial charge in [-0.1, -0.05) is 36.8 Å². The average Bonchev–Trinajstić information content (AvgIpc) is 2.29. The monoisotopic (exact) mass is 218 g/mol. The van der Waals surface area contributed by atoms with E-state index in [4.69, 9.17) is 4.74 Å². The number of ether oxygens (including phenoxy) is 1. The molecule has 0 aliphatic heterocycles. The maximum absolute atomic E-state index is 11.5. The van der Waals surface area contributed by atoms with Crippen LogP contribution < -0.4 is 0 Å². The van der Waals surface area contributed by atoms with Crippen LogP contribution in [0.4, 0.5) is 0 Å². The van der Waals surface area contributed by atoms with Gasteiger partial charge in [-0.2, -0.15) is 0 Å². The number of rotatable bonds is 1. The molecular weight excluding hydrogens is 200 g/mol. The summed E-state index contributed by atoms with van der Waals surface area (Å²) in [5, 5.41) is 0. The van der Waals surface area contributed by atoms with Gasteiger partial charge < -0.3 is 4.74 Å². The number of carbonyl (C=O) groups excluding carboxylic acids is 1. The van der Waals surface area contributed by atoms with Crippen LogP contribution in [0.15, 0.2) is 35.5 Å². The summed E-state index contributed by atoms with van der Waals surface area (Å²) in [5.41, 5.74) is 2.19. The van der Waals surface area contributed by atoms with Crippen LogP contribution in [0, 0.1) is 11.3 Å². The smallest absolute Gasteiger partial charge is 0.337 e. The summed E-state index contributed by atoms with van der Waals surface area (Å²) in [5.74, 6) is 0.196. The lowest BCUT2D eigenvalue weighted by Crippen LogP contribution is -2.31. The molecule has 0 aromatic rings. The van der Waals surface area contributed by atoms with E-state index in [-0.39, 0.29) is 11.4 Å². The zero-order valence-electron chi connectivity index (χ0n) is 10.1. The predicted molar refractivity (Wildman–Crippen MR) is 63.8 cm³/mol. The molecule has 0 saturated carbocycles. The Hall–Kier alpha value is -1.31. The van der Waals surface area contributed by atoms with Gasteiger partial charge in [0.1, 0.15) is 0 Å². The van der Waals surface area contributed by atoms with Crippen molar-refractivity contribution in [2.75, 3.05) is 7.11 Å². The molecule has 0 spiro atoms. The lowest BCUT2D eigenvalue weighted by Gasteiger charge is -2.40. The molecule has 2 nitrogen and oxygen atoms in total. The normalized spacial score (nSPS) is 32.6. The first-order valence-electron chi connectivity index (χ1n) is 5.74. The van der Waals surface area contributed by atoms with E-state index in [0.29, 0.717) is 11.5 Å². The maximum Gasteiger partial charge on any atom is 0.337 e. The summed E-state index contributed by atoms with van der Waals surface area (Å²) < 4.78 is 4.76. The highest BCUT2D eigenvalue weighted by atomic mass is 16.5. The first-order valence-corrected chi connectivity index (χ1v) is 5.74. The third-order valence-corrected chi connectivity index (χ3v) is 3.96. The minimum atomic E-state index is -0.231. The number of methoxy groups -OCH3 is 1. The fourth-order valence-corrected chi connectivity index (χ4v) is 2.59. The molecule has 86 valence electrons. The van der Waals surface area contributed by atoms with Crippen molar-refractivity contribution < 1.29 is 9.53 Å². The number of carbonyl (C=O) groups is 1. The number of hydrogen-bond donors (Lipinski definition) is 0. The third-order valence-electron chi connectivity index (χ3n) is 3.96. The number of hydrogen-bond acceptors (Lipinski definition) is 2.